The fraction of sp³-hybridized carbons (Fsp3) is 0.190. The van der Waals surface area contributed by atoms with E-state index in [1.165, 1.54) is 6.33 Å². The van der Waals surface area contributed by atoms with Gasteiger partial charge < -0.3 is 19.9 Å². The van der Waals surface area contributed by atoms with Gasteiger partial charge in [-0.1, -0.05) is 6.07 Å². The number of fused-ring (bicyclic) bond motifs is 1. The number of aromatic nitrogens is 7. The van der Waals surface area contributed by atoms with Crippen molar-refractivity contribution >= 4 is 23.0 Å². The molecule has 5 aromatic rings. The molecule has 0 atom stereocenters. The van der Waals surface area contributed by atoms with Gasteiger partial charge in [-0.15, -0.1) is 0 Å². The van der Waals surface area contributed by atoms with E-state index in [2.05, 4.69) is 25.3 Å². The maximum absolute atomic E-state index is 6.25. The first-order valence-corrected chi connectivity index (χ1v) is 9.81. The molecule has 0 bridgehead atoms. The number of nitrogens with two attached hydrogens (primary N) is 1. The summed E-state index contributed by atoms with van der Waals surface area (Å²) in [5.41, 5.74) is 11.1. The van der Waals surface area contributed by atoms with Crippen LogP contribution in [0.25, 0.3) is 28.0 Å². The molecule has 0 aliphatic rings. The molecule has 0 radical (unpaired) electrons. The summed E-state index contributed by atoms with van der Waals surface area (Å²) in [6, 6.07) is 9.77. The van der Waals surface area contributed by atoms with Crippen LogP contribution in [0.4, 0.5) is 17.5 Å². The molecule has 0 spiro atoms. The lowest BCUT2D eigenvalue weighted by Crippen LogP contribution is -2.12. The number of nitrogen functional groups attached to an aromatic ring is 1. The number of benzene rings is 1. The second-order valence-electron chi connectivity index (χ2n) is 7.28. The average Bonchev–Trinajstić information content (AvgIpc) is 3.51. The Morgan fingerprint density at radius 2 is 2.03 bits per heavy atom. The van der Waals surface area contributed by atoms with Gasteiger partial charge >= 0.3 is 0 Å². The van der Waals surface area contributed by atoms with Crippen LogP contribution in [0.3, 0.4) is 0 Å². The van der Waals surface area contributed by atoms with Crippen LogP contribution in [-0.4, -0.2) is 48.7 Å². The minimum Gasteiger partial charge on any atom is -0.495 e. The van der Waals surface area contributed by atoms with E-state index in [4.69, 9.17) is 15.0 Å². The summed E-state index contributed by atoms with van der Waals surface area (Å²) in [5.74, 6) is 1.94. The lowest BCUT2D eigenvalue weighted by molar-refractivity contribution is 0.393. The fourth-order valence-electron chi connectivity index (χ4n) is 3.68. The lowest BCUT2D eigenvalue weighted by Gasteiger charge is -2.18. The first-order valence-electron chi connectivity index (χ1n) is 9.81. The zero-order valence-electron chi connectivity index (χ0n) is 18.0. The number of nitrogens with zero attached hydrogens (tertiary/aromatic N) is 8. The van der Waals surface area contributed by atoms with Crippen LogP contribution >= 0.6 is 0 Å². The predicted octanol–water partition coefficient (Wildman–Crippen LogP) is 2.85. The Hall–Kier alpha value is -4.41. The summed E-state index contributed by atoms with van der Waals surface area (Å²) in [5, 5.41) is 12.9. The molecule has 0 amide bonds. The lowest BCUT2D eigenvalue weighted by atomic mass is 10.0. The van der Waals surface area contributed by atoms with Crippen LogP contribution in [0.1, 0.15) is 5.89 Å². The van der Waals surface area contributed by atoms with Gasteiger partial charge in [0.25, 0.3) is 5.95 Å². The Balaban J connectivity index is 1.66. The Bertz CT molecular complexity index is 1430. The molecule has 11 heteroatoms. The molecule has 32 heavy (non-hydrogen) atoms. The van der Waals surface area contributed by atoms with Gasteiger partial charge in [0.2, 0.25) is 5.89 Å². The Morgan fingerprint density at radius 1 is 1.19 bits per heavy atom. The molecular formula is C21H21N9O2. The van der Waals surface area contributed by atoms with Crippen molar-refractivity contribution < 1.29 is 9.26 Å². The van der Waals surface area contributed by atoms with Crippen LogP contribution in [0.2, 0.25) is 0 Å². The van der Waals surface area contributed by atoms with Gasteiger partial charge in [-0.2, -0.15) is 15.2 Å². The highest BCUT2D eigenvalue weighted by molar-refractivity contribution is 5.92. The molecule has 2 N–H and O–H groups in total. The average molecular weight is 431 g/mol. The van der Waals surface area contributed by atoms with E-state index in [0.717, 1.165) is 28.2 Å². The maximum Gasteiger partial charge on any atom is 0.270 e. The summed E-state index contributed by atoms with van der Waals surface area (Å²) < 4.78 is 14.3. The van der Waals surface area contributed by atoms with Crippen LogP contribution in [0.5, 0.6) is 5.75 Å². The van der Waals surface area contributed by atoms with E-state index < -0.39 is 0 Å². The van der Waals surface area contributed by atoms with Gasteiger partial charge in [-0.25, -0.2) is 9.50 Å². The van der Waals surface area contributed by atoms with Gasteiger partial charge in [0, 0.05) is 32.8 Å². The predicted molar refractivity (Wildman–Crippen MR) is 119 cm³/mol. The molecular weight excluding hydrogens is 410 g/mol. The Morgan fingerprint density at radius 3 is 2.72 bits per heavy atom. The largest absolute Gasteiger partial charge is 0.495 e. The zero-order chi connectivity index (χ0) is 22.4. The van der Waals surface area contributed by atoms with E-state index in [9.17, 15) is 0 Å². The third kappa shape index (κ3) is 3.11. The summed E-state index contributed by atoms with van der Waals surface area (Å²) in [6.07, 6.45) is 3.32. The first kappa shape index (κ1) is 19.5. The standard InChI is InChI=1S/C21H21N9O2/c1-12-25-21(27-32-12)29(3)16-6-5-13(9-18(16)31-4)14-10-17(15-7-8-28(2)26-15)30-19(14)20(22)23-11-24-30/h5-11H,1-4H3,(H2,22,23,24). The van der Waals surface area contributed by atoms with Gasteiger partial charge in [-0.3, -0.25) is 4.68 Å². The molecule has 0 saturated carbocycles. The Labute approximate surface area is 183 Å². The van der Waals surface area contributed by atoms with Crippen LogP contribution in [0, 0.1) is 6.92 Å². The molecule has 5 rings (SSSR count). The van der Waals surface area contributed by atoms with Crippen molar-refractivity contribution in [2.24, 2.45) is 7.05 Å². The van der Waals surface area contributed by atoms with Crippen molar-refractivity contribution in [1.82, 2.24) is 34.5 Å². The number of anilines is 3. The fourth-order valence-corrected chi connectivity index (χ4v) is 3.68. The normalized spacial score (nSPS) is 11.2. The highest BCUT2D eigenvalue weighted by Gasteiger charge is 2.20. The summed E-state index contributed by atoms with van der Waals surface area (Å²) >= 11 is 0. The summed E-state index contributed by atoms with van der Waals surface area (Å²) in [6.45, 7) is 1.74. The monoisotopic (exact) mass is 431 g/mol. The van der Waals surface area contributed by atoms with Crippen molar-refractivity contribution in [3.8, 4) is 28.3 Å². The molecule has 0 unspecified atom stereocenters. The van der Waals surface area contributed by atoms with Crippen molar-refractivity contribution in [1.29, 1.82) is 0 Å². The summed E-state index contributed by atoms with van der Waals surface area (Å²) in [4.78, 5) is 10.3. The first-order chi connectivity index (χ1) is 15.5. The molecule has 0 aliphatic carbocycles. The highest BCUT2D eigenvalue weighted by Crippen LogP contribution is 2.39. The van der Waals surface area contributed by atoms with Crippen molar-refractivity contribution in [2.45, 2.75) is 6.92 Å². The number of hydrogen-bond acceptors (Lipinski definition) is 9. The smallest absolute Gasteiger partial charge is 0.270 e. The quantitative estimate of drug-likeness (QED) is 0.447. The van der Waals surface area contributed by atoms with Gasteiger partial charge in [0.05, 0.1) is 18.5 Å². The SMILES string of the molecule is COc1cc(-c2cc(-c3ccn(C)n3)n3ncnc(N)c23)ccc1N(C)c1noc(C)n1. The topological polar surface area (TPSA) is 125 Å². The minimum atomic E-state index is 0.375. The third-order valence-corrected chi connectivity index (χ3v) is 5.23. The van der Waals surface area contributed by atoms with Crippen LogP contribution in [0.15, 0.2) is 47.4 Å². The molecule has 1 aromatic carbocycles. The number of hydrogen-bond donors (Lipinski definition) is 1. The number of aryl methyl sites for hydroxylation is 2. The number of ether oxygens (including phenoxy) is 1. The molecule has 4 heterocycles. The molecule has 0 saturated heterocycles. The molecule has 4 aromatic heterocycles. The molecule has 11 nitrogen and oxygen atoms in total. The van der Waals surface area contributed by atoms with E-state index in [1.807, 2.05) is 50.6 Å². The molecule has 162 valence electrons. The highest BCUT2D eigenvalue weighted by atomic mass is 16.5. The van der Waals surface area contributed by atoms with Crippen LogP contribution < -0.4 is 15.4 Å². The number of methoxy groups -OCH3 is 1. The van der Waals surface area contributed by atoms with Gasteiger partial charge in [0.15, 0.2) is 5.82 Å². The van der Waals surface area contributed by atoms with Crippen molar-refractivity contribution in [2.75, 3.05) is 24.8 Å². The van der Waals surface area contributed by atoms with Gasteiger partial charge in [0.1, 0.15) is 23.3 Å². The number of rotatable bonds is 5. The third-order valence-electron chi connectivity index (χ3n) is 5.23. The van der Waals surface area contributed by atoms with E-state index in [0.29, 0.717) is 28.9 Å². The van der Waals surface area contributed by atoms with Crippen molar-refractivity contribution in [3.05, 3.63) is 48.7 Å². The molecule has 0 fully saturated rings. The second kappa shape index (κ2) is 7.38. The molecule has 0 aliphatic heterocycles. The Kier molecular flexibility index (Phi) is 4.51. The van der Waals surface area contributed by atoms with Crippen LogP contribution in [-0.2, 0) is 7.05 Å². The van der Waals surface area contributed by atoms with Crippen molar-refractivity contribution in [3.63, 3.8) is 0 Å². The van der Waals surface area contributed by atoms with E-state index in [-0.39, 0.29) is 0 Å². The zero-order valence-corrected chi connectivity index (χ0v) is 18.0. The second-order valence-corrected chi connectivity index (χ2v) is 7.28. The van der Waals surface area contributed by atoms with Gasteiger partial charge in [-0.05, 0) is 35.0 Å². The maximum atomic E-state index is 6.25. The van der Waals surface area contributed by atoms with E-state index >= 15 is 0 Å². The summed E-state index contributed by atoms with van der Waals surface area (Å²) in [7, 11) is 5.34. The van der Waals surface area contributed by atoms with E-state index in [1.54, 1.807) is 28.1 Å². The minimum absolute atomic E-state index is 0.375.